The topological polar surface area (TPSA) is 42.1 Å². The Bertz CT molecular complexity index is 839. The van der Waals surface area contributed by atoms with E-state index in [0.29, 0.717) is 12.0 Å². The Hall–Kier alpha value is -1.56. The molecule has 0 amide bonds. The van der Waals surface area contributed by atoms with Crippen molar-refractivity contribution in [2.24, 2.45) is 0 Å². The van der Waals surface area contributed by atoms with Gasteiger partial charge in [-0.05, 0) is 45.9 Å². The van der Waals surface area contributed by atoms with Crippen molar-refractivity contribution in [2.75, 3.05) is 6.61 Å². The van der Waals surface area contributed by atoms with E-state index in [1.807, 2.05) is 30.3 Å². The van der Waals surface area contributed by atoms with Crippen LogP contribution in [-0.4, -0.2) is 11.6 Å². The molecule has 1 aromatic heterocycles. The van der Waals surface area contributed by atoms with Crippen molar-refractivity contribution >= 4 is 44.3 Å². The van der Waals surface area contributed by atoms with Crippen LogP contribution < -0.4 is 10.2 Å². The highest BCUT2D eigenvalue weighted by atomic mass is 127. The van der Waals surface area contributed by atoms with E-state index < -0.39 is 0 Å². The number of nitrogens with one attached hydrogen (secondary N) is 1. The summed E-state index contributed by atoms with van der Waals surface area (Å²) in [5.41, 5.74) is 0.815. The third-order valence-electron chi connectivity index (χ3n) is 3.22. The number of pyridine rings is 1. The third-order valence-corrected chi connectivity index (χ3v) is 3.80. The predicted molar refractivity (Wildman–Crippen MR) is 90.6 cm³/mol. The molecule has 1 N–H and O–H groups in total. The molecule has 0 bridgehead atoms. The van der Waals surface area contributed by atoms with Gasteiger partial charge in [-0.25, -0.2) is 0 Å². The van der Waals surface area contributed by atoms with Crippen LogP contribution in [-0.2, 0) is 0 Å². The number of aromatic amines is 1. The second-order valence-electron chi connectivity index (χ2n) is 4.68. The van der Waals surface area contributed by atoms with Gasteiger partial charge in [0.15, 0.2) is 5.43 Å². The SMILES string of the molecule is CCCOc1cc2ccccc2c2c(=O)cc(I)[nH]c12. The van der Waals surface area contributed by atoms with Crippen LogP contribution in [0, 0.1) is 3.70 Å². The Morgan fingerprint density at radius 2 is 2.05 bits per heavy atom. The molecule has 2 aromatic carbocycles. The van der Waals surface area contributed by atoms with Gasteiger partial charge in [-0.1, -0.05) is 31.2 Å². The van der Waals surface area contributed by atoms with Gasteiger partial charge in [0.1, 0.15) is 5.75 Å². The maximum Gasteiger partial charge on any atom is 0.191 e. The fourth-order valence-electron chi connectivity index (χ4n) is 2.37. The smallest absolute Gasteiger partial charge is 0.191 e. The van der Waals surface area contributed by atoms with E-state index in [4.69, 9.17) is 4.74 Å². The lowest BCUT2D eigenvalue weighted by atomic mass is 10.0. The van der Waals surface area contributed by atoms with E-state index in [1.165, 1.54) is 0 Å². The van der Waals surface area contributed by atoms with Crippen molar-refractivity contribution < 1.29 is 4.74 Å². The first kappa shape index (κ1) is 13.4. The number of halogens is 1. The van der Waals surface area contributed by atoms with Crippen molar-refractivity contribution in [2.45, 2.75) is 13.3 Å². The van der Waals surface area contributed by atoms with Crippen LogP contribution >= 0.6 is 22.6 Å². The summed E-state index contributed by atoms with van der Waals surface area (Å²) in [6.45, 7) is 2.71. The van der Waals surface area contributed by atoms with Crippen molar-refractivity contribution in [1.29, 1.82) is 0 Å². The first-order valence-corrected chi connectivity index (χ1v) is 7.65. The summed E-state index contributed by atoms with van der Waals surface area (Å²) < 4.78 is 6.63. The Kier molecular flexibility index (Phi) is 3.65. The lowest BCUT2D eigenvalue weighted by Crippen LogP contribution is -2.06. The average molecular weight is 379 g/mol. The van der Waals surface area contributed by atoms with Crippen molar-refractivity contribution in [3.8, 4) is 5.75 Å². The largest absolute Gasteiger partial charge is 0.491 e. The summed E-state index contributed by atoms with van der Waals surface area (Å²) >= 11 is 2.12. The number of H-pyrrole nitrogens is 1. The average Bonchev–Trinajstić information content (AvgIpc) is 2.44. The summed E-state index contributed by atoms with van der Waals surface area (Å²) in [6, 6.07) is 11.5. The van der Waals surface area contributed by atoms with Crippen molar-refractivity contribution in [3.63, 3.8) is 0 Å². The zero-order chi connectivity index (χ0) is 14.1. The van der Waals surface area contributed by atoms with Crippen LogP contribution in [0.2, 0.25) is 0 Å². The minimum Gasteiger partial charge on any atom is -0.491 e. The quantitative estimate of drug-likeness (QED) is 0.424. The van der Waals surface area contributed by atoms with E-state index in [-0.39, 0.29) is 5.43 Å². The molecule has 4 heteroatoms. The van der Waals surface area contributed by atoms with Gasteiger partial charge in [-0.15, -0.1) is 0 Å². The molecule has 1 heterocycles. The summed E-state index contributed by atoms with van der Waals surface area (Å²) in [4.78, 5) is 15.6. The Morgan fingerprint density at radius 3 is 2.85 bits per heavy atom. The zero-order valence-electron chi connectivity index (χ0n) is 11.1. The van der Waals surface area contributed by atoms with Crippen LogP contribution in [0.1, 0.15) is 13.3 Å². The highest BCUT2D eigenvalue weighted by Crippen LogP contribution is 2.30. The first-order chi connectivity index (χ1) is 9.70. The number of hydrogen-bond acceptors (Lipinski definition) is 2. The maximum atomic E-state index is 12.4. The van der Waals surface area contributed by atoms with E-state index in [2.05, 4.69) is 34.5 Å². The van der Waals surface area contributed by atoms with Gasteiger partial charge in [0.05, 0.1) is 21.2 Å². The highest BCUT2D eigenvalue weighted by molar-refractivity contribution is 14.1. The van der Waals surface area contributed by atoms with Gasteiger partial charge in [-0.2, -0.15) is 0 Å². The summed E-state index contributed by atoms with van der Waals surface area (Å²) in [7, 11) is 0. The fourth-order valence-corrected chi connectivity index (χ4v) is 2.92. The fraction of sp³-hybridized carbons (Fsp3) is 0.188. The van der Waals surface area contributed by atoms with Gasteiger partial charge in [0, 0.05) is 6.07 Å². The molecular weight excluding hydrogens is 365 g/mol. The van der Waals surface area contributed by atoms with E-state index in [1.54, 1.807) is 6.07 Å². The molecule has 0 saturated carbocycles. The third kappa shape index (κ3) is 2.28. The van der Waals surface area contributed by atoms with Crippen molar-refractivity contribution in [3.05, 3.63) is 50.3 Å². The molecule has 0 saturated heterocycles. The number of hydrogen-bond donors (Lipinski definition) is 1. The Labute approximate surface area is 130 Å². The van der Waals surface area contributed by atoms with Gasteiger partial charge in [-0.3, -0.25) is 4.79 Å². The second kappa shape index (κ2) is 5.44. The molecule has 3 rings (SSSR count). The number of ether oxygens (including phenoxy) is 1. The number of fused-ring (bicyclic) bond motifs is 3. The predicted octanol–water partition coefficient (Wildman–Crippen LogP) is 4.07. The molecule has 0 radical (unpaired) electrons. The molecule has 0 aliphatic rings. The molecule has 102 valence electrons. The molecular formula is C16H14INO2. The van der Waals surface area contributed by atoms with Gasteiger partial charge in [0.2, 0.25) is 0 Å². The molecule has 0 fully saturated rings. The van der Waals surface area contributed by atoms with Gasteiger partial charge < -0.3 is 9.72 Å². The van der Waals surface area contributed by atoms with Crippen LogP contribution in [0.4, 0.5) is 0 Å². The Balaban J connectivity index is 2.44. The standard InChI is InChI=1S/C16H14INO2/c1-2-7-20-13-8-10-5-3-4-6-11(10)15-12(19)9-14(17)18-16(13)15/h3-6,8-9H,2,7H2,1H3,(H,18,19). The Morgan fingerprint density at radius 1 is 1.25 bits per heavy atom. The molecule has 0 aliphatic carbocycles. The van der Waals surface area contributed by atoms with Crippen LogP contribution in [0.25, 0.3) is 21.7 Å². The second-order valence-corrected chi connectivity index (χ2v) is 5.84. The molecule has 3 aromatic rings. The van der Waals surface area contributed by atoms with Gasteiger partial charge >= 0.3 is 0 Å². The number of benzene rings is 2. The van der Waals surface area contributed by atoms with E-state index in [9.17, 15) is 4.79 Å². The van der Waals surface area contributed by atoms with Crippen molar-refractivity contribution in [1.82, 2.24) is 4.98 Å². The molecule has 20 heavy (non-hydrogen) atoms. The van der Waals surface area contributed by atoms with Crippen LogP contribution in [0.15, 0.2) is 41.2 Å². The molecule has 0 spiro atoms. The minimum absolute atomic E-state index is 0.0290. The van der Waals surface area contributed by atoms with E-state index >= 15 is 0 Å². The molecule has 3 nitrogen and oxygen atoms in total. The van der Waals surface area contributed by atoms with Crippen LogP contribution in [0.5, 0.6) is 5.75 Å². The molecule has 0 aliphatic heterocycles. The number of aromatic nitrogens is 1. The zero-order valence-corrected chi connectivity index (χ0v) is 13.2. The van der Waals surface area contributed by atoms with Crippen LogP contribution in [0.3, 0.4) is 0 Å². The normalized spacial score (nSPS) is 11.1. The summed E-state index contributed by atoms with van der Waals surface area (Å²) in [6.07, 6.45) is 0.933. The molecule has 0 unspecified atom stereocenters. The lowest BCUT2D eigenvalue weighted by Gasteiger charge is -2.11. The van der Waals surface area contributed by atoms with E-state index in [0.717, 1.165) is 32.2 Å². The highest BCUT2D eigenvalue weighted by Gasteiger charge is 2.11. The first-order valence-electron chi connectivity index (χ1n) is 6.58. The number of rotatable bonds is 3. The summed E-state index contributed by atoms with van der Waals surface area (Å²) in [5.74, 6) is 0.746. The summed E-state index contributed by atoms with van der Waals surface area (Å²) in [5, 5.41) is 2.69. The maximum absolute atomic E-state index is 12.4. The molecule has 0 atom stereocenters. The van der Waals surface area contributed by atoms with Gasteiger partial charge in [0.25, 0.3) is 0 Å². The monoisotopic (exact) mass is 379 g/mol. The minimum atomic E-state index is 0.0290. The lowest BCUT2D eigenvalue weighted by molar-refractivity contribution is 0.321.